The highest BCUT2D eigenvalue weighted by molar-refractivity contribution is 8.20. The van der Waals surface area contributed by atoms with Crippen LogP contribution in [0.25, 0.3) is 0 Å². The maximum Gasteiger partial charge on any atom is 0.0517 e. The summed E-state index contributed by atoms with van der Waals surface area (Å²) in [6.07, 6.45) is 4.21. The Kier molecular flexibility index (Phi) is 3.05. The van der Waals surface area contributed by atoms with Crippen LogP contribution >= 0.6 is 23.5 Å². The third-order valence-corrected chi connectivity index (χ3v) is 5.41. The first-order chi connectivity index (χ1) is 5.45. The van der Waals surface area contributed by atoms with Crippen LogP contribution in [0.5, 0.6) is 0 Å². The Labute approximate surface area is 77.1 Å². The van der Waals surface area contributed by atoms with Crippen molar-refractivity contribution in [2.24, 2.45) is 0 Å². The molecule has 3 heteroatoms. The van der Waals surface area contributed by atoms with Gasteiger partial charge < -0.3 is 5.32 Å². The molecule has 0 bridgehead atoms. The van der Waals surface area contributed by atoms with E-state index >= 15 is 0 Å². The second-order valence-electron chi connectivity index (χ2n) is 3.20. The van der Waals surface area contributed by atoms with Crippen LogP contribution in [0.1, 0.15) is 19.3 Å². The summed E-state index contributed by atoms with van der Waals surface area (Å²) in [7, 11) is 0. The summed E-state index contributed by atoms with van der Waals surface area (Å²) >= 11 is 4.30. The molecule has 0 aliphatic carbocycles. The lowest BCUT2D eigenvalue weighted by Gasteiger charge is -2.13. The maximum atomic E-state index is 3.56. The highest BCUT2D eigenvalue weighted by Crippen LogP contribution is 2.35. The standard InChI is InChI=1S/C8H15NS2/c1-2-7(9-3-1)6-8-10-4-5-11-8/h7-9H,1-6H2/t7-/m0/s1. The van der Waals surface area contributed by atoms with Crippen LogP contribution in [-0.4, -0.2) is 28.7 Å². The van der Waals surface area contributed by atoms with E-state index in [0.29, 0.717) is 0 Å². The van der Waals surface area contributed by atoms with Crippen molar-refractivity contribution in [1.82, 2.24) is 5.32 Å². The summed E-state index contributed by atoms with van der Waals surface area (Å²) < 4.78 is 0.908. The van der Waals surface area contributed by atoms with Crippen LogP contribution in [0.4, 0.5) is 0 Å². The Morgan fingerprint density at radius 1 is 1.27 bits per heavy atom. The van der Waals surface area contributed by atoms with Gasteiger partial charge in [-0.2, -0.15) is 0 Å². The number of rotatable bonds is 2. The van der Waals surface area contributed by atoms with E-state index in [1.54, 1.807) is 0 Å². The molecule has 2 fully saturated rings. The topological polar surface area (TPSA) is 12.0 Å². The first kappa shape index (κ1) is 8.27. The van der Waals surface area contributed by atoms with Gasteiger partial charge in [0.25, 0.3) is 0 Å². The lowest BCUT2D eigenvalue weighted by atomic mass is 10.2. The van der Waals surface area contributed by atoms with Crippen molar-refractivity contribution in [1.29, 1.82) is 0 Å². The van der Waals surface area contributed by atoms with E-state index in [1.165, 1.54) is 37.3 Å². The van der Waals surface area contributed by atoms with Crippen LogP contribution < -0.4 is 5.32 Å². The van der Waals surface area contributed by atoms with Gasteiger partial charge in [-0.15, -0.1) is 23.5 Å². The second-order valence-corrected chi connectivity index (χ2v) is 6.12. The Balaban J connectivity index is 1.71. The summed E-state index contributed by atoms with van der Waals surface area (Å²) in [5.74, 6) is 2.75. The maximum absolute atomic E-state index is 3.56. The van der Waals surface area contributed by atoms with Crippen molar-refractivity contribution in [3.63, 3.8) is 0 Å². The third-order valence-electron chi connectivity index (χ3n) is 2.33. The fraction of sp³-hybridized carbons (Fsp3) is 1.00. The Bertz CT molecular complexity index is 103. The minimum absolute atomic E-state index is 0.845. The molecule has 0 spiro atoms. The second kappa shape index (κ2) is 4.06. The molecule has 1 nitrogen and oxygen atoms in total. The van der Waals surface area contributed by atoms with Gasteiger partial charge in [0.2, 0.25) is 0 Å². The molecular formula is C8H15NS2. The number of hydrogen-bond acceptors (Lipinski definition) is 3. The Morgan fingerprint density at radius 3 is 2.73 bits per heavy atom. The van der Waals surface area contributed by atoms with E-state index in [9.17, 15) is 0 Å². The highest BCUT2D eigenvalue weighted by Gasteiger charge is 2.22. The molecule has 0 saturated carbocycles. The zero-order valence-corrected chi connectivity index (χ0v) is 8.35. The summed E-state index contributed by atoms with van der Waals surface area (Å²) in [5.41, 5.74) is 0. The van der Waals surface area contributed by atoms with E-state index in [4.69, 9.17) is 0 Å². The third kappa shape index (κ3) is 2.30. The fourth-order valence-electron chi connectivity index (χ4n) is 1.73. The van der Waals surface area contributed by atoms with Gasteiger partial charge in [0.15, 0.2) is 0 Å². The molecule has 0 aromatic heterocycles. The first-order valence-corrected chi connectivity index (χ1v) is 6.51. The normalized spacial score (nSPS) is 33.3. The smallest absolute Gasteiger partial charge is 0.0517 e. The molecule has 2 heterocycles. The van der Waals surface area contributed by atoms with Crippen LogP contribution in [0.15, 0.2) is 0 Å². The monoisotopic (exact) mass is 189 g/mol. The van der Waals surface area contributed by atoms with Gasteiger partial charge in [0, 0.05) is 17.5 Å². The van der Waals surface area contributed by atoms with Crippen LogP contribution in [0, 0.1) is 0 Å². The Hall–Kier alpha value is 0.660. The zero-order valence-electron chi connectivity index (χ0n) is 6.71. The molecule has 0 unspecified atom stereocenters. The van der Waals surface area contributed by atoms with Crippen molar-refractivity contribution in [2.75, 3.05) is 18.1 Å². The van der Waals surface area contributed by atoms with Crippen molar-refractivity contribution in [2.45, 2.75) is 29.9 Å². The molecular weight excluding hydrogens is 174 g/mol. The lowest BCUT2D eigenvalue weighted by molar-refractivity contribution is 0.584. The van der Waals surface area contributed by atoms with Crippen molar-refractivity contribution >= 4 is 23.5 Å². The van der Waals surface area contributed by atoms with Gasteiger partial charge in [-0.3, -0.25) is 0 Å². The number of thioether (sulfide) groups is 2. The number of hydrogen-bond donors (Lipinski definition) is 1. The zero-order chi connectivity index (χ0) is 7.52. The van der Waals surface area contributed by atoms with E-state index in [0.717, 1.165) is 10.6 Å². The van der Waals surface area contributed by atoms with Gasteiger partial charge in [-0.1, -0.05) is 0 Å². The molecule has 64 valence electrons. The van der Waals surface area contributed by atoms with Crippen LogP contribution in [0.3, 0.4) is 0 Å². The SMILES string of the molecule is C1CN[C@H](CC2SCCS2)C1. The predicted octanol–water partition coefficient (Wildman–Crippen LogP) is 1.93. The summed E-state index contributed by atoms with van der Waals surface area (Å²) in [6.45, 7) is 1.26. The molecule has 2 rings (SSSR count). The van der Waals surface area contributed by atoms with Crippen LogP contribution in [-0.2, 0) is 0 Å². The van der Waals surface area contributed by atoms with Crippen LogP contribution in [0.2, 0.25) is 0 Å². The average Bonchev–Trinajstić information content (AvgIpc) is 2.60. The molecule has 2 aliphatic heterocycles. The molecule has 0 radical (unpaired) electrons. The van der Waals surface area contributed by atoms with Crippen molar-refractivity contribution < 1.29 is 0 Å². The van der Waals surface area contributed by atoms with E-state index in [1.807, 2.05) is 0 Å². The van der Waals surface area contributed by atoms with Gasteiger partial charge in [-0.25, -0.2) is 0 Å². The molecule has 2 saturated heterocycles. The molecule has 0 aromatic carbocycles. The van der Waals surface area contributed by atoms with Gasteiger partial charge in [0.05, 0.1) is 4.58 Å². The summed E-state index contributed by atoms with van der Waals surface area (Å²) in [6, 6.07) is 0.845. The van der Waals surface area contributed by atoms with Crippen molar-refractivity contribution in [3.05, 3.63) is 0 Å². The molecule has 11 heavy (non-hydrogen) atoms. The average molecular weight is 189 g/mol. The molecule has 0 amide bonds. The van der Waals surface area contributed by atoms with E-state index in [2.05, 4.69) is 28.8 Å². The van der Waals surface area contributed by atoms with E-state index < -0.39 is 0 Å². The molecule has 1 atom stereocenters. The van der Waals surface area contributed by atoms with E-state index in [-0.39, 0.29) is 0 Å². The molecule has 0 aromatic rings. The Morgan fingerprint density at radius 2 is 2.09 bits per heavy atom. The van der Waals surface area contributed by atoms with Gasteiger partial charge in [0.1, 0.15) is 0 Å². The lowest BCUT2D eigenvalue weighted by Crippen LogP contribution is -2.23. The minimum atomic E-state index is 0.845. The van der Waals surface area contributed by atoms with Gasteiger partial charge in [-0.05, 0) is 25.8 Å². The quantitative estimate of drug-likeness (QED) is 0.713. The molecule has 2 aliphatic rings. The summed E-state index contributed by atoms with van der Waals surface area (Å²) in [4.78, 5) is 0. The van der Waals surface area contributed by atoms with Crippen molar-refractivity contribution in [3.8, 4) is 0 Å². The molecule has 1 N–H and O–H groups in total. The fourth-order valence-corrected chi connectivity index (χ4v) is 4.73. The number of nitrogens with one attached hydrogen (secondary N) is 1. The minimum Gasteiger partial charge on any atom is -0.314 e. The van der Waals surface area contributed by atoms with Gasteiger partial charge >= 0.3 is 0 Å². The largest absolute Gasteiger partial charge is 0.314 e. The first-order valence-electron chi connectivity index (χ1n) is 4.42. The predicted molar refractivity (Wildman–Crippen MR) is 54.3 cm³/mol. The highest BCUT2D eigenvalue weighted by atomic mass is 32.2. The summed E-state index contributed by atoms with van der Waals surface area (Å²) in [5, 5.41) is 3.56.